The van der Waals surface area contributed by atoms with Crippen LogP contribution in [0.3, 0.4) is 0 Å². The quantitative estimate of drug-likeness (QED) is 0.0759. The minimum absolute atomic E-state index is 0.318. The third-order valence-corrected chi connectivity index (χ3v) is 10.3. The van der Waals surface area contributed by atoms with E-state index in [2.05, 4.69) is 19.9 Å². The number of nitrogens with one attached hydrogen (secondary N) is 4. The maximum Gasteiger partial charge on any atom is 0.158 e. The summed E-state index contributed by atoms with van der Waals surface area (Å²) < 4.78 is 7.33. The van der Waals surface area contributed by atoms with E-state index in [4.69, 9.17) is 21.6 Å². The van der Waals surface area contributed by atoms with Crippen molar-refractivity contribution in [2.45, 2.75) is 0 Å². The summed E-state index contributed by atoms with van der Waals surface area (Å²) in [5.74, 6) is 2.29. The predicted molar refractivity (Wildman–Crippen MR) is 227 cm³/mol. The average Bonchev–Trinajstić information content (AvgIpc) is 4.08. The van der Waals surface area contributed by atoms with Crippen molar-refractivity contribution < 1.29 is 0 Å². The van der Waals surface area contributed by atoms with E-state index < -0.39 is 0 Å². The van der Waals surface area contributed by atoms with E-state index in [1.54, 1.807) is 24.8 Å². The molecule has 4 heterocycles. The van der Waals surface area contributed by atoms with Gasteiger partial charge in [-0.1, -0.05) is 97.1 Å². The Kier molecular flexibility index (Phi) is 9.81. The fourth-order valence-corrected chi connectivity index (χ4v) is 7.07. The number of aromatic nitrogens is 8. The number of aryl methyl sites for hydroxylation is 4. The molecule has 0 bridgehead atoms. The molecule has 0 spiro atoms. The highest BCUT2D eigenvalue weighted by Gasteiger charge is 2.20. The van der Waals surface area contributed by atoms with Crippen molar-refractivity contribution in [3.05, 3.63) is 214 Å². The Morgan fingerprint density at radius 1 is 0.310 bits per heavy atom. The van der Waals surface area contributed by atoms with Gasteiger partial charge in [0.25, 0.3) is 0 Å². The summed E-state index contributed by atoms with van der Waals surface area (Å²) in [5, 5.41) is 35.7. The molecule has 0 saturated heterocycles. The summed E-state index contributed by atoms with van der Waals surface area (Å²) in [6.07, 6.45) is 14.1. The molecule has 0 saturated carbocycles. The summed E-state index contributed by atoms with van der Waals surface area (Å²) in [4.78, 5) is 17.6. The van der Waals surface area contributed by atoms with Crippen molar-refractivity contribution in [1.29, 1.82) is 21.6 Å². The summed E-state index contributed by atoms with van der Waals surface area (Å²) >= 11 is 0. The highest BCUT2D eigenvalue weighted by Crippen LogP contribution is 2.38. The van der Waals surface area contributed by atoms with Gasteiger partial charge in [0.2, 0.25) is 0 Å². The lowest BCUT2D eigenvalue weighted by Gasteiger charge is -2.20. The molecule has 284 valence electrons. The number of benzene rings is 4. The molecule has 12 nitrogen and oxygen atoms in total. The molecule has 0 aliphatic carbocycles. The number of hydrogen-bond acceptors (Lipinski definition) is 8. The van der Waals surface area contributed by atoms with E-state index in [1.807, 2.05) is 168 Å². The first-order chi connectivity index (χ1) is 28.1. The van der Waals surface area contributed by atoms with Gasteiger partial charge < -0.3 is 18.3 Å². The Hall–Kier alpha value is -7.86. The van der Waals surface area contributed by atoms with Crippen molar-refractivity contribution in [2.75, 3.05) is 0 Å². The molecule has 0 atom stereocenters. The summed E-state index contributed by atoms with van der Waals surface area (Å²) in [6, 6.07) is 31.8. The van der Waals surface area contributed by atoms with Crippen molar-refractivity contribution in [3.8, 4) is 0 Å². The van der Waals surface area contributed by atoms with Crippen molar-refractivity contribution in [3.63, 3.8) is 0 Å². The minimum atomic E-state index is 0.318. The largest absolute Gasteiger partial charge is 0.333 e. The summed E-state index contributed by atoms with van der Waals surface area (Å²) in [7, 11) is 7.51. The average molecular weight is 761 g/mol. The lowest BCUT2D eigenvalue weighted by Crippen LogP contribution is -2.10. The monoisotopic (exact) mass is 760 g/mol. The molecule has 0 amide bonds. The molecule has 0 aliphatic rings. The van der Waals surface area contributed by atoms with Gasteiger partial charge in [0.1, 0.15) is 22.8 Å². The smallest absolute Gasteiger partial charge is 0.158 e. The van der Waals surface area contributed by atoms with Crippen LogP contribution < -0.4 is 0 Å². The van der Waals surface area contributed by atoms with E-state index in [0.717, 1.165) is 55.7 Å². The first-order valence-electron chi connectivity index (χ1n) is 18.5. The Balaban J connectivity index is 1.31. The Labute approximate surface area is 335 Å². The zero-order chi connectivity index (χ0) is 40.5. The van der Waals surface area contributed by atoms with Gasteiger partial charge in [0.05, 0.1) is 0 Å². The maximum absolute atomic E-state index is 8.93. The molecule has 8 aromatic rings. The number of rotatable bonds is 12. The Morgan fingerprint density at radius 2 is 0.483 bits per heavy atom. The first-order valence-corrected chi connectivity index (χ1v) is 18.5. The summed E-state index contributed by atoms with van der Waals surface area (Å²) in [5.41, 5.74) is 9.67. The predicted octanol–water partition coefficient (Wildman–Crippen LogP) is 7.29. The van der Waals surface area contributed by atoms with E-state index >= 15 is 0 Å². The summed E-state index contributed by atoms with van der Waals surface area (Å²) in [6.45, 7) is 0. The highest BCUT2D eigenvalue weighted by molar-refractivity contribution is 6.12. The van der Waals surface area contributed by atoms with Crippen LogP contribution in [0.15, 0.2) is 147 Å². The molecule has 58 heavy (non-hydrogen) atoms. The standard InChI is InChI=1S/C46H40N12/c1-55-25-21-51-43(55)39(47)33-13-5-29(6-14-33)37(30-7-15-34(16-8-30)40(48)44-52-22-26-56(44)2)38(31-9-17-35(18-10-31)41(49)45-53-23-27-57(45)3)32-11-19-36(20-12-32)42(50)46-54-24-28-58(46)4/h5-28,47-50H,1-4H3. The Morgan fingerprint density at radius 3 is 0.638 bits per heavy atom. The van der Waals surface area contributed by atoms with Gasteiger partial charge in [-0.3, -0.25) is 21.6 Å². The zero-order valence-electron chi connectivity index (χ0n) is 32.4. The number of nitrogens with zero attached hydrogens (tertiary/aromatic N) is 8. The second kappa shape index (κ2) is 15.3. The van der Waals surface area contributed by atoms with Gasteiger partial charge in [-0.2, -0.15) is 0 Å². The van der Waals surface area contributed by atoms with Crippen LogP contribution in [-0.4, -0.2) is 61.1 Å². The van der Waals surface area contributed by atoms with Crippen LogP contribution in [-0.2, 0) is 28.2 Å². The molecular weight excluding hydrogens is 721 g/mol. The van der Waals surface area contributed by atoms with Gasteiger partial charge >= 0.3 is 0 Å². The number of hydrogen-bond donors (Lipinski definition) is 4. The lowest BCUT2D eigenvalue weighted by atomic mass is 9.84. The molecule has 0 aliphatic heterocycles. The van der Waals surface area contributed by atoms with Gasteiger partial charge in [0.15, 0.2) is 23.3 Å². The van der Waals surface area contributed by atoms with E-state index in [0.29, 0.717) is 46.1 Å². The minimum Gasteiger partial charge on any atom is -0.333 e. The van der Waals surface area contributed by atoms with Crippen LogP contribution in [0.1, 0.15) is 67.8 Å². The van der Waals surface area contributed by atoms with E-state index in [9.17, 15) is 0 Å². The van der Waals surface area contributed by atoms with Crippen molar-refractivity contribution >= 4 is 34.0 Å². The zero-order valence-corrected chi connectivity index (χ0v) is 32.4. The van der Waals surface area contributed by atoms with Crippen molar-refractivity contribution in [2.24, 2.45) is 28.2 Å². The molecule has 0 radical (unpaired) electrons. The second-order valence-electron chi connectivity index (χ2n) is 14.0. The SMILES string of the molecule is Cn1ccnc1C(=N)c1ccc(C(=C(c2ccc(C(=N)c3nccn3C)cc2)c2ccc(C(=N)c3nccn3C)cc2)c2ccc(C(=N)c3nccn3C)cc2)cc1. The fourth-order valence-electron chi connectivity index (χ4n) is 7.07. The van der Waals surface area contributed by atoms with Crippen LogP contribution in [0.2, 0.25) is 0 Å². The molecule has 4 aromatic carbocycles. The van der Waals surface area contributed by atoms with Crippen LogP contribution in [0.4, 0.5) is 0 Å². The number of imidazole rings is 4. The molecule has 4 aromatic heterocycles. The third kappa shape index (κ3) is 6.94. The fraction of sp³-hybridized carbons (Fsp3) is 0.0870. The molecule has 12 heteroatoms. The Bertz CT molecular complexity index is 2470. The van der Waals surface area contributed by atoms with Crippen LogP contribution in [0.5, 0.6) is 0 Å². The molecule has 0 unspecified atom stereocenters. The van der Waals surface area contributed by atoms with Gasteiger partial charge in [-0.15, -0.1) is 0 Å². The van der Waals surface area contributed by atoms with Crippen LogP contribution >= 0.6 is 0 Å². The lowest BCUT2D eigenvalue weighted by molar-refractivity contribution is 0.895. The second-order valence-corrected chi connectivity index (χ2v) is 14.0. The van der Waals surface area contributed by atoms with Crippen LogP contribution in [0.25, 0.3) is 11.1 Å². The van der Waals surface area contributed by atoms with Gasteiger partial charge in [0, 0.05) is 100 Å². The molecule has 0 fully saturated rings. The molecule has 8 rings (SSSR count). The van der Waals surface area contributed by atoms with Gasteiger partial charge in [-0.25, -0.2) is 19.9 Å². The normalized spacial score (nSPS) is 11.0. The maximum atomic E-state index is 8.93. The highest BCUT2D eigenvalue weighted by atomic mass is 15.1. The van der Waals surface area contributed by atoms with E-state index in [-0.39, 0.29) is 0 Å². The third-order valence-electron chi connectivity index (χ3n) is 10.3. The van der Waals surface area contributed by atoms with Crippen LogP contribution in [0, 0.1) is 21.6 Å². The van der Waals surface area contributed by atoms with Gasteiger partial charge in [-0.05, 0) is 33.4 Å². The molecule has 4 N–H and O–H groups in total. The first kappa shape index (κ1) is 37.1. The van der Waals surface area contributed by atoms with E-state index in [1.165, 1.54) is 0 Å². The topological polar surface area (TPSA) is 167 Å². The van der Waals surface area contributed by atoms with Crippen molar-refractivity contribution in [1.82, 2.24) is 38.2 Å². The molecular formula is C46H40N12.